The minimum Gasteiger partial charge on any atom is -0.289 e. The highest BCUT2D eigenvalue weighted by molar-refractivity contribution is 5.70. The van der Waals surface area contributed by atoms with Gasteiger partial charge in [0.1, 0.15) is 0 Å². The molecule has 1 saturated heterocycles. The van der Waals surface area contributed by atoms with Crippen molar-refractivity contribution in [3.63, 3.8) is 0 Å². The van der Waals surface area contributed by atoms with Crippen LogP contribution in [0.3, 0.4) is 0 Å². The molecular formula is C23H25N. The smallest absolute Gasteiger partial charge is 0.0291 e. The van der Waals surface area contributed by atoms with Gasteiger partial charge in [0.25, 0.3) is 0 Å². The first-order chi connectivity index (χ1) is 11.7. The molecule has 2 atom stereocenters. The fourth-order valence-corrected chi connectivity index (χ4v) is 4.14. The summed E-state index contributed by atoms with van der Waals surface area (Å²) in [6.07, 6.45) is 6.31. The Morgan fingerprint density at radius 2 is 1.79 bits per heavy atom. The summed E-state index contributed by atoms with van der Waals surface area (Å²) in [7, 11) is 0. The molecule has 0 radical (unpaired) electrons. The van der Waals surface area contributed by atoms with Gasteiger partial charge in [-0.2, -0.15) is 0 Å². The van der Waals surface area contributed by atoms with Gasteiger partial charge in [-0.3, -0.25) is 4.90 Å². The number of allylic oxidation sites excluding steroid dienone is 1. The van der Waals surface area contributed by atoms with E-state index in [1.165, 1.54) is 41.5 Å². The van der Waals surface area contributed by atoms with Crippen molar-refractivity contribution in [1.29, 1.82) is 0 Å². The second-order valence-electron chi connectivity index (χ2n) is 7.21. The van der Waals surface area contributed by atoms with Crippen LogP contribution in [0.5, 0.6) is 0 Å². The van der Waals surface area contributed by atoms with Gasteiger partial charge in [-0.05, 0) is 48.4 Å². The predicted molar refractivity (Wildman–Crippen MR) is 103 cm³/mol. The van der Waals surface area contributed by atoms with Gasteiger partial charge in [0.15, 0.2) is 0 Å². The van der Waals surface area contributed by atoms with Gasteiger partial charge >= 0.3 is 0 Å². The van der Waals surface area contributed by atoms with Crippen LogP contribution in [0, 0.1) is 0 Å². The van der Waals surface area contributed by atoms with Crippen LogP contribution in [0.15, 0.2) is 67.3 Å². The molecule has 0 amide bonds. The summed E-state index contributed by atoms with van der Waals surface area (Å²) >= 11 is 0. The average molecular weight is 315 g/mol. The highest BCUT2D eigenvalue weighted by atomic mass is 15.2. The van der Waals surface area contributed by atoms with Crippen molar-refractivity contribution in [2.24, 2.45) is 0 Å². The highest BCUT2D eigenvalue weighted by Crippen LogP contribution is 2.39. The number of fused-ring (bicyclic) bond motifs is 2. The fraction of sp³-hybridized carbons (Fsp3) is 0.304. The number of hydrogen-bond acceptors (Lipinski definition) is 1. The number of benzene rings is 2. The molecule has 122 valence electrons. The lowest BCUT2D eigenvalue weighted by molar-refractivity contribution is 0.203. The molecule has 1 nitrogen and oxygen atoms in total. The Labute approximate surface area is 145 Å². The Balaban J connectivity index is 1.54. The van der Waals surface area contributed by atoms with Crippen LogP contribution in [0.2, 0.25) is 0 Å². The molecule has 4 rings (SSSR count). The maximum Gasteiger partial charge on any atom is 0.0291 e. The third-order valence-electron chi connectivity index (χ3n) is 5.50. The summed E-state index contributed by atoms with van der Waals surface area (Å²) in [6, 6.07) is 21.1. The van der Waals surface area contributed by atoms with E-state index in [0.29, 0.717) is 12.1 Å². The first-order valence-electron chi connectivity index (χ1n) is 8.97. The van der Waals surface area contributed by atoms with E-state index < -0.39 is 0 Å². The molecule has 24 heavy (non-hydrogen) atoms. The highest BCUT2D eigenvalue weighted by Gasteiger charge is 2.36. The second-order valence-corrected chi connectivity index (χ2v) is 7.21. The monoisotopic (exact) mass is 315 g/mol. The quantitative estimate of drug-likeness (QED) is 0.716. The van der Waals surface area contributed by atoms with E-state index in [-0.39, 0.29) is 0 Å². The van der Waals surface area contributed by atoms with Crippen molar-refractivity contribution in [3.05, 3.63) is 83.9 Å². The topological polar surface area (TPSA) is 3.24 Å². The normalized spacial score (nSPS) is 23.1. The predicted octanol–water partition coefficient (Wildman–Crippen LogP) is 5.54. The van der Waals surface area contributed by atoms with E-state index in [1.807, 2.05) is 0 Å². The molecule has 0 saturated carbocycles. The van der Waals surface area contributed by atoms with Crippen LogP contribution < -0.4 is 0 Å². The van der Waals surface area contributed by atoms with Crippen LogP contribution in [0.4, 0.5) is 0 Å². The summed E-state index contributed by atoms with van der Waals surface area (Å²) in [5, 5.41) is 0. The number of nitrogens with zero attached hydrogens (tertiary/aromatic N) is 1. The van der Waals surface area contributed by atoms with Gasteiger partial charge in [-0.25, -0.2) is 0 Å². The van der Waals surface area contributed by atoms with Crippen molar-refractivity contribution in [2.75, 3.05) is 0 Å². The molecule has 2 unspecified atom stereocenters. The molecule has 2 bridgehead atoms. The van der Waals surface area contributed by atoms with E-state index in [2.05, 4.69) is 79.1 Å². The number of hydrogen-bond donors (Lipinski definition) is 0. The van der Waals surface area contributed by atoms with Crippen molar-refractivity contribution in [2.45, 2.75) is 44.8 Å². The lowest BCUT2D eigenvalue weighted by Crippen LogP contribution is -2.37. The molecule has 2 aromatic rings. The van der Waals surface area contributed by atoms with Crippen LogP contribution in [0.1, 0.15) is 42.9 Å². The number of rotatable bonds is 4. The lowest BCUT2D eigenvalue weighted by atomic mass is 9.93. The molecule has 2 heterocycles. The molecule has 2 aliphatic rings. The molecule has 2 aromatic carbocycles. The van der Waals surface area contributed by atoms with Crippen molar-refractivity contribution < 1.29 is 0 Å². The summed E-state index contributed by atoms with van der Waals surface area (Å²) in [5.41, 5.74) is 6.71. The zero-order valence-corrected chi connectivity index (χ0v) is 14.4. The van der Waals surface area contributed by atoms with Crippen LogP contribution in [0.25, 0.3) is 11.1 Å². The Morgan fingerprint density at radius 1 is 1.04 bits per heavy atom. The van der Waals surface area contributed by atoms with E-state index in [0.717, 1.165) is 12.1 Å². The Morgan fingerprint density at radius 3 is 2.46 bits per heavy atom. The van der Waals surface area contributed by atoms with Crippen LogP contribution in [-0.4, -0.2) is 17.0 Å². The van der Waals surface area contributed by atoms with Crippen molar-refractivity contribution >= 4 is 11.1 Å². The van der Waals surface area contributed by atoms with Gasteiger partial charge < -0.3 is 0 Å². The zero-order chi connectivity index (χ0) is 16.5. The molecule has 0 aromatic heterocycles. The minimum atomic E-state index is 0.597. The molecular weight excluding hydrogens is 290 g/mol. The summed E-state index contributed by atoms with van der Waals surface area (Å²) in [4.78, 5) is 2.70. The van der Waals surface area contributed by atoms with E-state index in [9.17, 15) is 0 Å². The minimum absolute atomic E-state index is 0.597. The van der Waals surface area contributed by atoms with E-state index >= 15 is 0 Å². The maximum absolute atomic E-state index is 4.03. The Hall–Kier alpha value is -2.12. The molecule has 0 aliphatic carbocycles. The standard InChI is InChI=1S/C23H25N/c1-17(2)19-8-10-20(11-9-19)21-14-22-12-13-23(15-21)24(22)16-18-6-4-3-5-7-18/h3-11,14,22-23H,1,12-13,15-16H2,2H3. The largest absolute Gasteiger partial charge is 0.289 e. The first-order valence-corrected chi connectivity index (χ1v) is 8.97. The molecule has 0 spiro atoms. The third-order valence-corrected chi connectivity index (χ3v) is 5.50. The van der Waals surface area contributed by atoms with Gasteiger partial charge in [-0.1, -0.05) is 72.8 Å². The Kier molecular flexibility index (Phi) is 4.12. The lowest BCUT2D eigenvalue weighted by Gasteiger charge is -2.34. The van der Waals surface area contributed by atoms with E-state index in [1.54, 1.807) is 0 Å². The van der Waals surface area contributed by atoms with Crippen molar-refractivity contribution in [3.8, 4) is 0 Å². The molecule has 1 fully saturated rings. The Bertz CT molecular complexity index is 754. The van der Waals surface area contributed by atoms with Gasteiger partial charge in [0, 0.05) is 18.6 Å². The van der Waals surface area contributed by atoms with Crippen LogP contribution >= 0.6 is 0 Å². The van der Waals surface area contributed by atoms with Crippen LogP contribution in [-0.2, 0) is 6.54 Å². The molecule has 0 N–H and O–H groups in total. The SMILES string of the molecule is C=C(C)c1ccc(C2=CC3CCC(C2)N3Cc2ccccc2)cc1. The first kappa shape index (κ1) is 15.4. The fourth-order valence-electron chi connectivity index (χ4n) is 4.14. The summed E-state index contributed by atoms with van der Waals surface area (Å²) in [6.45, 7) is 7.17. The zero-order valence-electron chi connectivity index (χ0n) is 14.4. The molecule has 2 aliphatic heterocycles. The second kappa shape index (κ2) is 6.41. The molecule has 1 heteroatoms. The van der Waals surface area contributed by atoms with Crippen molar-refractivity contribution in [1.82, 2.24) is 4.90 Å². The summed E-state index contributed by atoms with van der Waals surface area (Å²) < 4.78 is 0. The van der Waals surface area contributed by atoms with Gasteiger partial charge in [-0.15, -0.1) is 0 Å². The van der Waals surface area contributed by atoms with Gasteiger partial charge in [0.05, 0.1) is 0 Å². The van der Waals surface area contributed by atoms with E-state index in [4.69, 9.17) is 0 Å². The third kappa shape index (κ3) is 2.97. The summed E-state index contributed by atoms with van der Waals surface area (Å²) in [5.74, 6) is 0. The average Bonchev–Trinajstić information content (AvgIpc) is 2.84. The van der Waals surface area contributed by atoms with Gasteiger partial charge in [0.2, 0.25) is 0 Å². The maximum atomic E-state index is 4.03.